The molecule has 1 aliphatic rings. The van der Waals surface area contributed by atoms with Gasteiger partial charge in [-0.15, -0.1) is 0 Å². The summed E-state index contributed by atoms with van der Waals surface area (Å²) in [6.45, 7) is 9.74. The van der Waals surface area contributed by atoms with Crippen LogP contribution in [0.3, 0.4) is 0 Å². The van der Waals surface area contributed by atoms with Crippen molar-refractivity contribution in [2.75, 3.05) is 112 Å². The first-order valence-corrected chi connectivity index (χ1v) is 46.3. The molecule has 0 spiro atoms. The van der Waals surface area contributed by atoms with Crippen LogP contribution < -0.4 is 16.0 Å². The van der Waals surface area contributed by atoms with Crippen molar-refractivity contribution in [1.82, 2.24) is 16.0 Å². The Labute approximate surface area is 718 Å². The molecule has 3 N–H and O–H groups in total. The Bertz CT molecular complexity index is 3180. The highest BCUT2D eigenvalue weighted by molar-refractivity contribution is 5.92. The van der Waals surface area contributed by atoms with E-state index in [1.54, 1.807) is 97.1 Å². The second-order valence-electron chi connectivity index (χ2n) is 31.4. The first-order valence-electron chi connectivity index (χ1n) is 46.3. The minimum Gasteiger partial charge on any atom is -0.459 e. The second-order valence-corrected chi connectivity index (χ2v) is 31.4. The summed E-state index contributed by atoms with van der Waals surface area (Å²) < 4.78 is 77.6. The van der Waals surface area contributed by atoms with Crippen LogP contribution in [0.2, 0.25) is 0 Å². The van der Waals surface area contributed by atoms with Gasteiger partial charge in [0.2, 0.25) is 11.8 Å². The molecule has 3 amide bonds. The molecule has 4 aromatic carbocycles. The standard InChI is InChI=1S/C97H151N3O20/c1-3-5-7-9-11-13-15-17-19-21-23-25-27-29-31-50-68-112-78-85(113-70-52-32-30-28-26-24-22-20-18-16-14-12-10-8-6-4-2)79-116-97(107)100-64-49-37-47-62-87(101)98-65-53-69-109-73-72-108-67-51-38-48-63-88(102)99-66-71-110-74-75-111-76-77-114-96-91(120-95(106)84-60-45-36-46-61-84)90(119-94(105)83-58-43-35-44-59-83)89(118-93(104)82-56-41-34-42-57-82)86(117-96)80-115-92(103)81-54-39-33-40-55-81/h33-36,39-46,54-61,85-86,89-91,96H,3-32,37-38,47-53,62-80H2,1-2H3,(H,98,101)(H,99,102)(H,100,107)/t85-,86?,89+,90-,91?,96-/m0/s1. The number of nitrogens with one attached hydrogen (secondary N) is 3. The zero-order chi connectivity index (χ0) is 85.3. The van der Waals surface area contributed by atoms with Gasteiger partial charge >= 0.3 is 30.0 Å². The average Bonchev–Trinajstić information content (AvgIpc) is 0.775. The third-order valence-corrected chi connectivity index (χ3v) is 21.1. The monoisotopic (exact) mass is 1680 g/mol. The first kappa shape index (κ1) is 103. The highest BCUT2D eigenvalue weighted by Gasteiger charge is 2.54. The van der Waals surface area contributed by atoms with E-state index in [9.17, 15) is 33.6 Å². The smallest absolute Gasteiger partial charge is 0.407 e. The molecule has 1 saturated heterocycles. The van der Waals surface area contributed by atoms with E-state index in [4.69, 9.17) is 61.6 Å². The van der Waals surface area contributed by atoms with E-state index in [2.05, 4.69) is 29.8 Å². The molecule has 5 rings (SSSR count). The largest absolute Gasteiger partial charge is 0.459 e. The van der Waals surface area contributed by atoms with Gasteiger partial charge in [-0.2, -0.15) is 0 Å². The van der Waals surface area contributed by atoms with Crippen molar-refractivity contribution in [1.29, 1.82) is 0 Å². The van der Waals surface area contributed by atoms with Crippen LogP contribution in [0, 0.1) is 0 Å². The lowest BCUT2D eigenvalue weighted by Gasteiger charge is -2.44. The van der Waals surface area contributed by atoms with Crippen LogP contribution in [0.4, 0.5) is 4.79 Å². The summed E-state index contributed by atoms with van der Waals surface area (Å²) in [5, 5.41) is 8.72. The molecule has 23 nitrogen and oxygen atoms in total. The van der Waals surface area contributed by atoms with Crippen molar-refractivity contribution in [3.05, 3.63) is 144 Å². The highest BCUT2D eigenvalue weighted by atomic mass is 16.7. The van der Waals surface area contributed by atoms with Crippen molar-refractivity contribution in [3.8, 4) is 0 Å². The molecule has 0 aliphatic carbocycles. The minimum absolute atomic E-state index is 0.00121. The summed E-state index contributed by atoms with van der Waals surface area (Å²) in [4.78, 5) is 92.8. The van der Waals surface area contributed by atoms with Gasteiger partial charge < -0.3 is 77.5 Å². The van der Waals surface area contributed by atoms with E-state index in [-0.39, 0.29) is 79.8 Å². The summed E-state index contributed by atoms with van der Waals surface area (Å²) in [5.74, 6) is -3.25. The van der Waals surface area contributed by atoms with Gasteiger partial charge in [0.05, 0.1) is 75.1 Å². The van der Waals surface area contributed by atoms with E-state index in [1.165, 1.54) is 210 Å². The molecule has 6 atom stereocenters. The van der Waals surface area contributed by atoms with Crippen molar-refractivity contribution < 1.29 is 95.1 Å². The van der Waals surface area contributed by atoms with Gasteiger partial charge in [0.25, 0.3) is 0 Å². The fraction of sp³-hybridized carbons (Fsp3) is 0.680. The maximum absolute atomic E-state index is 14.0. The summed E-state index contributed by atoms with van der Waals surface area (Å²) >= 11 is 0. The molecular formula is C97H151N3O20. The predicted molar refractivity (Wildman–Crippen MR) is 468 cm³/mol. The molecule has 23 heteroatoms. The maximum atomic E-state index is 14.0. The molecule has 2 unspecified atom stereocenters. The van der Waals surface area contributed by atoms with Gasteiger partial charge in [-0.1, -0.05) is 292 Å². The van der Waals surface area contributed by atoms with Crippen LogP contribution in [0.5, 0.6) is 0 Å². The van der Waals surface area contributed by atoms with E-state index in [0.717, 1.165) is 51.4 Å². The fourth-order valence-electron chi connectivity index (χ4n) is 14.0. The Morgan fingerprint density at radius 1 is 0.308 bits per heavy atom. The lowest BCUT2D eigenvalue weighted by molar-refractivity contribution is -0.300. The van der Waals surface area contributed by atoms with Crippen LogP contribution in [-0.4, -0.2) is 191 Å². The number of carbonyl (C=O) groups excluding carboxylic acids is 7. The molecule has 4 aromatic rings. The number of esters is 4. The predicted octanol–water partition coefficient (Wildman–Crippen LogP) is 19.7. The minimum atomic E-state index is -1.58. The maximum Gasteiger partial charge on any atom is 0.407 e. The lowest BCUT2D eigenvalue weighted by atomic mass is 9.97. The van der Waals surface area contributed by atoms with Crippen LogP contribution in [0.1, 0.15) is 319 Å². The summed E-state index contributed by atoms with van der Waals surface area (Å²) in [6.07, 6.45) is 40.4. The second kappa shape index (κ2) is 72.1. The molecular weight excluding hydrogens is 1530 g/mol. The first-order chi connectivity index (χ1) is 59.1. The van der Waals surface area contributed by atoms with Gasteiger partial charge in [-0.25, -0.2) is 24.0 Å². The van der Waals surface area contributed by atoms with Crippen LogP contribution in [-0.2, 0) is 71.2 Å². The van der Waals surface area contributed by atoms with Gasteiger partial charge in [0.15, 0.2) is 24.6 Å². The van der Waals surface area contributed by atoms with E-state index < -0.39 is 67.3 Å². The topological polar surface area (TPSA) is 276 Å². The number of ether oxygens (including phenoxy) is 13. The quantitative estimate of drug-likeness (QED) is 0.0210. The van der Waals surface area contributed by atoms with Crippen molar-refractivity contribution in [3.63, 3.8) is 0 Å². The van der Waals surface area contributed by atoms with E-state index in [1.807, 2.05) is 0 Å². The third kappa shape index (κ3) is 52.2. The normalized spacial score (nSPS) is 15.3. The van der Waals surface area contributed by atoms with Gasteiger partial charge in [0, 0.05) is 58.9 Å². The zero-order valence-corrected chi connectivity index (χ0v) is 73.2. The lowest BCUT2D eigenvalue weighted by Crippen LogP contribution is -2.63. The number of benzene rings is 4. The molecule has 120 heavy (non-hydrogen) atoms. The zero-order valence-electron chi connectivity index (χ0n) is 73.2. The number of carbonyl (C=O) groups is 7. The molecule has 1 heterocycles. The Balaban J connectivity index is 0.856. The van der Waals surface area contributed by atoms with Crippen LogP contribution in [0.15, 0.2) is 121 Å². The molecule has 0 radical (unpaired) electrons. The summed E-state index contributed by atoms with van der Waals surface area (Å²) in [7, 11) is 0. The number of hydrogen-bond acceptors (Lipinski definition) is 20. The van der Waals surface area contributed by atoms with Crippen molar-refractivity contribution in [2.24, 2.45) is 0 Å². The van der Waals surface area contributed by atoms with E-state index >= 15 is 0 Å². The number of unbranched alkanes of at least 4 members (excludes halogenated alkanes) is 34. The molecule has 1 fully saturated rings. The molecule has 0 aromatic heterocycles. The molecule has 674 valence electrons. The van der Waals surface area contributed by atoms with Crippen molar-refractivity contribution >= 4 is 41.8 Å². The van der Waals surface area contributed by atoms with Gasteiger partial charge in [-0.3, -0.25) is 9.59 Å². The van der Waals surface area contributed by atoms with Crippen LogP contribution in [0.25, 0.3) is 0 Å². The van der Waals surface area contributed by atoms with Crippen LogP contribution >= 0.6 is 0 Å². The highest BCUT2D eigenvalue weighted by Crippen LogP contribution is 2.32. The molecule has 0 saturated carbocycles. The summed E-state index contributed by atoms with van der Waals surface area (Å²) in [6, 6.07) is 32.6. The van der Waals surface area contributed by atoms with E-state index in [0.29, 0.717) is 91.6 Å². The number of rotatable bonds is 77. The fourth-order valence-corrected chi connectivity index (χ4v) is 14.0. The SMILES string of the molecule is CCCCCCCCCCCCCCCCCCOC[C@@H](COC(=O)NCCCCCC(=O)NCCCOCCOCCCCCC(=O)NCCOCCOCCO[C@H]1OC(COC(=O)c2ccccc2)[C@@H](OC(=O)c2ccccc2)[C@H](OC(=O)c2ccccc2)C1OC(=O)c1ccccc1)OCCCCCCCCCCCCCCCCCC. The summed E-state index contributed by atoms with van der Waals surface area (Å²) in [5.41, 5.74) is 0.725. The Hall–Kier alpha value is -7.35. The number of amides is 3. The van der Waals surface area contributed by atoms with Gasteiger partial charge in [-0.05, 0) is 93.5 Å². The molecule has 0 bridgehead atoms. The number of alkyl carbamates (subject to hydrolysis) is 1. The third-order valence-electron chi connectivity index (χ3n) is 21.1. The molecule has 1 aliphatic heterocycles. The van der Waals surface area contributed by atoms with Gasteiger partial charge in [0.1, 0.15) is 25.4 Å². The average molecular weight is 1680 g/mol. The Morgan fingerprint density at radius 3 is 1.12 bits per heavy atom. The number of hydrogen-bond donors (Lipinski definition) is 3. The Kier molecular flexibility index (Phi) is 62.0. The Morgan fingerprint density at radius 2 is 0.658 bits per heavy atom. The van der Waals surface area contributed by atoms with Crippen molar-refractivity contribution in [2.45, 2.75) is 314 Å².